The minimum atomic E-state index is -3.54. The average Bonchev–Trinajstić information content (AvgIpc) is 2.72. The molecule has 0 saturated carbocycles. The van der Waals surface area contributed by atoms with Crippen molar-refractivity contribution in [1.82, 2.24) is 0 Å². The number of sulfonamides is 1. The van der Waals surface area contributed by atoms with Crippen LogP contribution in [0.25, 0.3) is 0 Å². The van der Waals surface area contributed by atoms with Crippen molar-refractivity contribution in [3.8, 4) is 11.5 Å². The van der Waals surface area contributed by atoms with Crippen LogP contribution in [0.5, 0.6) is 11.5 Å². The maximum Gasteiger partial charge on any atom is 0.259 e. The molecule has 0 fully saturated rings. The van der Waals surface area contributed by atoms with Gasteiger partial charge in [-0.15, -0.1) is 0 Å². The maximum atomic E-state index is 14.4. The van der Waals surface area contributed by atoms with Crippen LogP contribution in [-0.4, -0.2) is 22.9 Å². The summed E-state index contributed by atoms with van der Waals surface area (Å²) >= 11 is -0.631. The van der Waals surface area contributed by atoms with Crippen molar-refractivity contribution in [2.24, 2.45) is 0 Å². The van der Waals surface area contributed by atoms with Crippen molar-refractivity contribution in [3.05, 3.63) is 69.8 Å². The van der Waals surface area contributed by atoms with Crippen LogP contribution in [0, 0.1) is 15.2 Å². The van der Waals surface area contributed by atoms with Gasteiger partial charge in [-0.25, -0.2) is 21.4 Å². The number of hydrogen-bond acceptors (Lipinski definition) is 5. The highest BCUT2D eigenvalue weighted by atomic mass is 127. The highest BCUT2D eigenvalue weighted by Gasteiger charge is 2.17. The Kier molecular flexibility index (Phi) is 8.10. The van der Waals surface area contributed by atoms with Crippen molar-refractivity contribution in [2.75, 3.05) is 20.5 Å². The maximum absolute atomic E-state index is 14.4. The molecule has 1 atom stereocenters. The van der Waals surface area contributed by atoms with Crippen molar-refractivity contribution in [1.29, 1.82) is 0 Å². The SMILES string of the molecule is CCS(=O)(=O)Nc1cccc(Oc2cc(F)cc(Nc3ccc(I)cc3F)c2NS(=O)O)c1. The minimum Gasteiger partial charge on any atom is -0.455 e. The van der Waals surface area contributed by atoms with E-state index in [1.54, 1.807) is 6.07 Å². The lowest BCUT2D eigenvalue weighted by atomic mass is 10.2. The Morgan fingerprint density at radius 2 is 1.85 bits per heavy atom. The Labute approximate surface area is 205 Å². The first kappa shape index (κ1) is 25.1. The number of ether oxygens (including phenoxy) is 1. The smallest absolute Gasteiger partial charge is 0.259 e. The van der Waals surface area contributed by atoms with Gasteiger partial charge in [-0.1, -0.05) is 6.07 Å². The molecule has 3 aromatic carbocycles. The molecule has 1 unspecified atom stereocenters. The Balaban J connectivity index is 2.00. The first-order chi connectivity index (χ1) is 15.6. The highest BCUT2D eigenvalue weighted by Crippen LogP contribution is 2.39. The van der Waals surface area contributed by atoms with Gasteiger partial charge in [-0.2, -0.15) is 0 Å². The predicted molar refractivity (Wildman–Crippen MR) is 133 cm³/mol. The van der Waals surface area contributed by atoms with Crippen molar-refractivity contribution in [3.63, 3.8) is 0 Å². The predicted octanol–water partition coefficient (Wildman–Crippen LogP) is 5.42. The van der Waals surface area contributed by atoms with Crippen LogP contribution in [-0.2, 0) is 21.3 Å². The fourth-order valence-corrected chi connectivity index (χ4v) is 4.16. The van der Waals surface area contributed by atoms with Crippen LogP contribution in [0.15, 0.2) is 54.6 Å². The van der Waals surface area contributed by atoms with Crippen LogP contribution >= 0.6 is 22.6 Å². The summed E-state index contributed by atoms with van der Waals surface area (Å²) in [5.41, 5.74) is 0.0464. The number of benzene rings is 3. The Hall–Kier alpha value is -2.49. The van der Waals surface area contributed by atoms with E-state index in [1.165, 1.54) is 43.3 Å². The van der Waals surface area contributed by atoms with Crippen molar-refractivity contribution >= 4 is 66.6 Å². The van der Waals surface area contributed by atoms with Crippen LogP contribution < -0.4 is 19.5 Å². The number of rotatable bonds is 9. The van der Waals surface area contributed by atoms with Gasteiger partial charge in [0.15, 0.2) is 5.75 Å². The second-order valence-corrected chi connectivity index (χ2v) is 10.5. The lowest BCUT2D eigenvalue weighted by Crippen LogP contribution is -2.14. The molecule has 176 valence electrons. The zero-order valence-corrected chi connectivity index (χ0v) is 20.7. The average molecular weight is 609 g/mol. The van der Waals surface area contributed by atoms with Crippen LogP contribution in [0.1, 0.15) is 6.92 Å². The summed E-state index contributed by atoms with van der Waals surface area (Å²) in [6, 6.07) is 12.2. The molecule has 0 bridgehead atoms. The standard InChI is InChI=1S/C20H18F2IN3O5S2/c1-2-33(29,30)26-14-4-3-5-15(11-14)31-19-9-12(21)8-18(20(19)25-32(27)28)24-17-7-6-13(23)10-16(17)22/h3-11,24-26H,2H2,1H3,(H,27,28). The van der Waals surface area contributed by atoms with Gasteiger partial charge >= 0.3 is 0 Å². The molecular weight excluding hydrogens is 591 g/mol. The second-order valence-electron chi connectivity index (χ2n) is 6.56. The van der Waals surface area contributed by atoms with Gasteiger partial charge in [0.25, 0.3) is 11.3 Å². The first-order valence-corrected chi connectivity index (χ1v) is 13.1. The van der Waals surface area contributed by atoms with Crippen LogP contribution in [0.3, 0.4) is 0 Å². The van der Waals surface area contributed by atoms with Crippen LogP contribution in [0.2, 0.25) is 0 Å². The topological polar surface area (TPSA) is 117 Å². The first-order valence-electron chi connectivity index (χ1n) is 9.28. The van der Waals surface area contributed by atoms with E-state index in [2.05, 4.69) is 14.8 Å². The molecule has 0 aliphatic rings. The quantitative estimate of drug-likeness (QED) is 0.190. The third-order valence-electron chi connectivity index (χ3n) is 4.17. The molecule has 13 heteroatoms. The monoisotopic (exact) mass is 609 g/mol. The van der Waals surface area contributed by atoms with Gasteiger partial charge < -0.3 is 10.1 Å². The molecule has 0 aliphatic carbocycles. The summed E-state index contributed by atoms with van der Waals surface area (Å²) in [5.74, 6) is -1.59. The zero-order chi connectivity index (χ0) is 24.2. The summed E-state index contributed by atoms with van der Waals surface area (Å²) < 4.78 is 84.1. The number of halogens is 3. The molecule has 0 aliphatic heterocycles. The van der Waals surface area contributed by atoms with E-state index in [9.17, 15) is 26.0 Å². The number of anilines is 4. The Bertz CT molecular complexity index is 1310. The van der Waals surface area contributed by atoms with Gasteiger partial charge in [0.1, 0.15) is 23.1 Å². The third kappa shape index (κ3) is 6.99. The fourth-order valence-electron chi connectivity index (χ4n) is 2.69. The molecule has 33 heavy (non-hydrogen) atoms. The molecule has 0 saturated heterocycles. The number of nitrogens with one attached hydrogen (secondary N) is 3. The summed E-state index contributed by atoms with van der Waals surface area (Å²) in [7, 11) is -3.54. The van der Waals surface area contributed by atoms with Gasteiger partial charge in [0.2, 0.25) is 10.0 Å². The lowest BCUT2D eigenvalue weighted by molar-refractivity contribution is 0.479. The molecule has 0 spiro atoms. The molecule has 8 nitrogen and oxygen atoms in total. The molecule has 0 heterocycles. The second kappa shape index (κ2) is 10.6. The summed E-state index contributed by atoms with van der Waals surface area (Å²) in [4.78, 5) is 0. The molecule has 3 rings (SSSR count). The minimum absolute atomic E-state index is 0.00899. The van der Waals surface area contributed by atoms with E-state index < -0.39 is 32.9 Å². The van der Waals surface area contributed by atoms with Gasteiger partial charge in [-0.05, 0) is 65.9 Å². The summed E-state index contributed by atoms with van der Waals surface area (Å²) in [6.07, 6.45) is 0. The van der Waals surface area contributed by atoms with E-state index >= 15 is 0 Å². The highest BCUT2D eigenvalue weighted by molar-refractivity contribution is 14.1. The van der Waals surface area contributed by atoms with E-state index in [0.29, 0.717) is 3.57 Å². The van der Waals surface area contributed by atoms with E-state index in [0.717, 1.165) is 12.1 Å². The Morgan fingerprint density at radius 1 is 1.09 bits per heavy atom. The van der Waals surface area contributed by atoms with Crippen molar-refractivity contribution in [2.45, 2.75) is 6.92 Å². The van der Waals surface area contributed by atoms with E-state index in [1.807, 2.05) is 22.6 Å². The van der Waals surface area contributed by atoms with E-state index in [-0.39, 0.29) is 40.0 Å². The molecule has 4 N–H and O–H groups in total. The lowest BCUT2D eigenvalue weighted by Gasteiger charge is -2.18. The molecule has 0 amide bonds. The van der Waals surface area contributed by atoms with Gasteiger partial charge in [0.05, 0.1) is 22.8 Å². The normalized spacial score (nSPS) is 12.2. The Morgan fingerprint density at radius 3 is 2.52 bits per heavy atom. The van der Waals surface area contributed by atoms with Crippen LogP contribution in [0.4, 0.5) is 31.5 Å². The zero-order valence-electron chi connectivity index (χ0n) is 16.9. The van der Waals surface area contributed by atoms with Gasteiger partial charge in [0, 0.05) is 15.7 Å². The number of hydrogen-bond donors (Lipinski definition) is 4. The van der Waals surface area contributed by atoms with Crippen molar-refractivity contribution < 1.29 is 30.7 Å². The molecule has 3 aromatic rings. The molecular formula is C20H18F2IN3O5S2. The molecule has 0 radical (unpaired) electrons. The largest absolute Gasteiger partial charge is 0.455 e. The van der Waals surface area contributed by atoms with Gasteiger partial charge in [-0.3, -0.25) is 14.0 Å². The fraction of sp³-hybridized carbons (Fsp3) is 0.100. The summed E-state index contributed by atoms with van der Waals surface area (Å²) in [5, 5.41) is 2.69. The third-order valence-corrected chi connectivity index (χ3v) is 6.53. The van der Waals surface area contributed by atoms with E-state index in [4.69, 9.17) is 4.74 Å². The summed E-state index contributed by atoms with van der Waals surface area (Å²) in [6.45, 7) is 1.48. The molecule has 0 aromatic heterocycles.